The van der Waals surface area contributed by atoms with Gasteiger partial charge in [0.1, 0.15) is 0 Å². The Morgan fingerprint density at radius 3 is 1.89 bits per heavy atom. The van der Waals surface area contributed by atoms with E-state index in [4.69, 9.17) is 0 Å². The number of hydrogen-bond donors (Lipinski definition) is 0. The third-order valence-corrected chi connectivity index (χ3v) is 1.84. The van der Waals surface area contributed by atoms with Crippen molar-refractivity contribution in [3.63, 3.8) is 0 Å². The Kier molecular flexibility index (Phi) is 2.96. The lowest BCUT2D eigenvalue weighted by Crippen LogP contribution is -2.16. The van der Waals surface area contributed by atoms with Crippen molar-refractivity contribution in [2.24, 2.45) is 11.3 Å². The van der Waals surface area contributed by atoms with Crippen LogP contribution in [0.1, 0.15) is 34.1 Å². The molecule has 0 spiro atoms. The SMILES string of the molecule is C=C[C@@H](CC)C(C)(C)C. The Hall–Kier alpha value is -0.260. The van der Waals surface area contributed by atoms with Gasteiger partial charge in [0.2, 0.25) is 0 Å². The molecule has 0 aromatic heterocycles. The molecular weight excluding hydrogens is 108 g/mol. The normalized spacial score (nSPS) is 15.1. The zero-order valence-corrected chi connectivity index (χ0v) is 7.07. The fourth-order valence-corrected chi connectivity index (χ4v) is 1.13. The van der Waals surface area contributed by atoms with E-state index in [1.54, 1.807) is 0 Å². The summed E-state index contributed by atoms with van der Waals surface area (Å²) in [4.78, 5) is 0. The first-order valence-corrected chi connectivity index (χ1v) is 3.65. The molecule has 54 valence electrons. The van der Waals surface area contributed by atoms with E-state index in [2.05, 4.69) is 40.3 Å². The molecule has 0 amide bonds. The molecule has 0 unspecified atom stereocenters. The first kappa shape index (κ1) is 8.74. The molecule has 1 atom stereocenters. The van der Waals surface area contributed by atoms with Gasteiger partial charge in [0, 0.05) is 0 Å². The van der Waals surface area contributed by atoms with Crippen molar-refractivity contribution in [1.29, 1.82) is 0 Å². The first-order valence-electron chi connectivity index (χ1n) is 3.65. The van der Waals surface area contributed by atoms with Crippen LogP contribution in [-0.4, -0.2) is 0 Å². The van der Waals surface area contributed by atoms with Crippen LogP contribution in [0.5, 0.6) is 0 Å². The third kappa shape index (κ3) is 2.69. The average Bonchev–Trinajstić information content (AvgIpc) is 1.65. The van der Waals surface area contributed by atoms with E-state index in [-0.39, 0.29) is 0 Å². The Balaban J connectivity index is 3.94. The van der Waals surface area contributed by atoms with E-state index in [1.807, 2.05) is 0 Å². The molecule has 0 aliphatic heterocycles. The molecule has 0 aromatic carbocycles. The minimum atomic E-state index is 0.399. The summed E-state index contributed by atoms with van der Waals surface area (Å²) < 4.78 is 0. The van der Waals surface area contributed by atoms with Gasteiger partial charge < -0.3 is 0 Å². The predicted molar refractivity (Wildman–Crippen MR) is 43.4 cm³/mol. The number of allylic oxidation sites excluding steroid dienone is 1. The van der Waals surface area contributed by atoms with Crippen LogP contribution in [0, 0.1) is 11.3 Å². The van der Waals surface area contributed by atoms with Crippen LogP contribution in [0.4, 0.5) is 0 Å². The Labute approximate surface area is 59.0 Å². The lowest BCUT2D eigenvalue weighted by Gasteiger charge is -2.26. The standard InChI is InChI=1S/C9H18/c1-6-8(7-2)9(3,4)5/h6,8H,1,7H2,2-5H3/t8-/m0/s1. The van der Waals surface area contributed by atoms with E-state index in [0.717, 1.165) is 0 Å². The van der Waals surface area contributed by atoms with E-state index in [1.165, 1.54) is 6.42 Å². The highest BCUT2D eigenvalue weighted by Gasteiger charge is 2.18. The fraction of sp³-hybridized carbons (Fsp3) is 0.778. The van der Waals surface area contributed by atoms with Crippen LogP contribution < -0.4 is 0 Å². The second kappa shape index (κ2) is 3.05. The summed E-state index contributed by atoms with van der Waals surface area (Å²) in [6.07, 6.45) is 3.26. The van der Waals surface area contributed by atoms with Gasteiger partial charge in [-0.05, 0) is 17.8 Å². The van der Waals surface area contributed by atoms with Crippen molar-refractivity contribution in [2.75, 3.05) is 0 Å². The van der Waals surface area contributed by atoms with Crippen LogP contribution in [0.3, 0.4) is 0 Å². The van der Waals surface area contributed by atoms with Gasteiger partial charge in [-0.3, -0.25) is 0 Å². The molecule has 0 aromatic rings. The summed E-state index contributed by atoms with van der Waals surface area (Å²) in [6.45, 7) is 12.8. The number of hydrogen-bond acceptors (Lipinski definition) is 0. The van der Waals surface area contributed by atoms with E-state index in [0.29, 0.717) is 11.3 Å². The predicted octanol–water partition coefficient (Wildman–Crippen LogP) is 3.24. The van der Waals surface area contributed by atoms with Gasteiger partial charge in [-0.25, -0.2) is 0 Å². The Morgan fingerprint density at radius 1 is 1.44 bits per heavy atom. The highest BCUT2D eigenvalue weighted by molar-refractivity contribution is 4.86. The lowest BCUT2D eigenvalue weighted by molar-refractivity contribution is 0.286. The molecule has 0 rings (SSSR count). The maximum atomic E-state index is 3.80. The van der Waals surface area contributed by atoms with Crippen molar-refractivity contribution < 1.29 is 0 Å². The van der Waals surface area contributed by atoms with Crippen molar-refractivity contribution in [3.8, 4) is 0 Å². The lowest BCUT2D eigenvalue weighted by atomic mass is 9.79. The quantitative estimate of drug-likeness (QED) is 0.498. The molecule has 9 heavy (non-hydrogen) atoms. The highest BCUT2D eigenvalue weighted by atomic mass is 14.2. The summed E-state index contributed by atoms with van der Waals surface area (Å²) >= 11 is 0. The van der Waals surface area contributed by atoms with E-state index >= 15 is 0 Å². The summed E-state index contributed by atoms with van der Waals surface area (Å²) in [5.74, 6) is 0.664. The van der Waals surface area contributed by atoms with Gasteiger partial charge in [-0.2, -0.15) is 0 Å². The molecule has 0 saturated heterocycles. The topological polar surface area (TPSA) is 0 Å². The van der Waals surface area contributed by atoms with Crippen LogP contribution >= 0.6 is 0 Å². The van der Waals surface area contributed by atoms with Gasteiger partial charge in [-0.1, -0.05) is 33.8 Å². The Bertz CT molecular complexity index is 84.7. The third-order valence-electron chi connectivity index (χ3n) is 1.84. The zero-order chi connectivity index (χ0) is 7.49. The summed E-state index contributed by atoms with van der Waals surface area (Å²) in [5.41, 5.74) is 0.399. The number of rotatable bonds is 2. The monoisotopic (exact) mass is 126 g/mol. The molecule has 0 heterocycles. The second-order valence-corrected chi connectivity index (χ2v) is 3.62. The zero-order valence-electron chi connectivity index (χ0n) is 7.07. The molecule has 0 saturated carbocycles. The van der Waals surface area contributed by atoms with Gasteiger partial charge in [0.25, 0.3) is 0 Å². The molecule has 0 radical (unpaired) electrons. The van der Waals surface area contributed by atoms with Crippen molar-refractivity contribution in [2.45, 2.75) is 34.1 Å². The van der Waals surface area contributed by atoms with Crippen molar-refractivity contribution in [3.05, 3.63) is 12.7 Å². The van der Waals surface area contributed by atoms with Crippen LogP contribution in [0.15, 0.2) is 12.7 Å². The first-order chi connectivity index (χ1) is 4.02. The van der Waals surface area contributed by atoms with Crippen molar-refractivity contribution in [1.82, 2.24) is 0 Å². The molecule has 0 bridgehead atoms. The van der Waals surface area contributed by atoms with Gasteiger partial charge in [0.05, 0.1) is 0 Å². The largest absolute Gasteiger partial charge is 0.103 e. The van der Waals surface area contributed by atoms with Gasteiger partial charge >= 0.3 is 0 Å². The maximum absolute atomic E-state index is 3.80. The second-order valence-electron chi connectivity index (χ2n) is 3.62. The van der Waals surface area contributed by atoms with Gasteiger partial charge in [0.15, 0.2) is 0 Å². The summed E-state index contributed by atoms with van der Waals surface area (Å²) in [7, 11) is 0. The average molecular weight is 126 g/mol. The summed E-state index contributed by atoms with van der Waals surface area (Å²) in [6, 6.07) is 0. The highest BCUT2D eigenvalue weighted by Crippen LogP contribution is 2.28. The molecule has 0 aliphatic carbocycles. The molecule has 0 nitrogen and oxygen atoms in total. The molecular formula is C9H18. The van der Waals surface area contributed by atoms with Crippen LogP contribution in [-0.2, 0) is 0 Å². The van der Waals surface area contributed by atoms with Gasteiger partial charge in [-0.15, -0.1) is 6.58 Å². The summed E-state index contributed by atoms with van der Waals surface area (Å²) in [5, 5.41) is 0. The Morgan fingerprint density at radius 2 is 1.89 bits per heavy atom. The fourth-order valence-electron chi connectivity index (χ4n) is 1.13. The smallest absolute Gasteiger partial charge is 0.0190 e. The maximum Gasteiger partial charge on any atom is -0.0190 e. The van der Waals surface area contributed by atoms with Crippen LogP contribution in [0.2, 0.25) is 0 Å². The van der Waals surface area contributed by atoms with E-state index in [9.17, 15) is 0 Å². The minimum absolute atomic E-state index is 0.399. The molecule has 0 fully saturated rings. The molecule has 0 aliphatic rings. The minimum Gasteiger partial charge on any atom is -0.103 e. The van der Waals surface area contributed by atoms with Crippen molar-refractivity contribution >= 4 is 0 Å². The van der Waals surface area contributed by atoms with E-state index < -0.39 is 0 Å². The van der Waals surface area contributed by atoms with Crippen LogP contribution in [0.25, 0.3) is 0 Å². The molecule has 0 N–H and O–H groups in total. The molecule has 0 heteroatoms.